The highest BCUT2D eigenvalue weighted by molar-refractivity contribution is 14.0. The molecule has 2 N–H and O–H groups in total. The van der Waals surface area contributed by atoms with Gasteiger partial charge in [-0.1, -0.05) is 31.2 Å². The van der Waals surface area contributed by atoms with Crippen LogP contribution < -0.4 is 10.6 Å². The SMILES string of the molecule is CN=C(NCCCOCC1CCOC1)NCc1cccc(CN2CCC(C)CC2)c1.I. The van der Waals surface area contributed by atoms with Gasteiger partial charge in [-0.2, -0.15) is 0 Å². The van der Waals surface area contributed by atoms with Crippen LogP contribution >= 0.6 is 24.0 Å². The molecule has 2 aliphatic rings. The van der Waals surface area contributed by atoms with Crippen molar-refractivity contribution >= 4 is 29.9 Å². The third-order valence-corrected chi connectivity index (χ3v) is 6.09. The molecule has 2 heterocycles. The molecule has 6 nitrogen and oxygen atoms in total. The number of nitrogens with zero attached hydrogens (tertiary/aromatic N) is 2. The Morgan fingerprint density at radius 2 is 2.00 bits per heavy atom. The number of guanidine groups is 1. The normalized spacial score (nSPS) is 20.5. The van der Waals surface area contributed by atoms with Crippen LogP contribution in [-0.2, 0) is 22.6 Å². The lowest BCUT2D eigenvalue weighted by Crippen LogP contribution is -2.37. The number of aliphatic imine (C=N–C) groups is 1. The van der Waals surface area contributed by atoms with Crippen LogP contribution in [0.4, 0.5) is 0 Å². The molecule has 0 saturated carbocycles. The van der Waals surface area contributed by atoms with E-state index in [0.717, 1.165) is 70.8 Å². The van der Waals surface area contributed by atoms with E-state index in [1.165, 1.54) is 37.1 Å². The fraction of sp³-hybridized carbons (Fsp3) is 0.708. The van der Waals surface area contributed by atoms with Crippen molar-refractivity contribution < 1.29 is 9.47 Å². The second-order valence-electron chi connectivity index (χ2n) is 8.79. The molecule has 0 aromatic heterocycles. The molecule has 1 aromatic rings. The van der Waals surface area contributed by atoms with Gasteiger partial charge in [0.15, 0.2) is 5.96 Å². The first-order chi connectivity index (χ1) is 14.7. The van der Waals surface area contributed by atoms with Crippen LogP contribution in [0.5, 0.6) is 0 Å². The van der Waals surface area contributed by atoms with E-state index >= 15 is 0 Å². The van der Waals surface area contributed by atoms with Crippen molar-refractivity contribution in [2.45, 2.75) is 45.7 Å². The van der Waals surface area contributed by atoms with Crippen molar-refractivity contribution in [3.8, 4) is 0 Å². The molecule has 7 heteroatoms. The predicted molar refractivity (Wildman–Crippen MR) is 138 cm³/mol. The molecule has 0 spiro atoms. The molecule has 1 atom stereocenters. The number of hydrogen-bond donors (Lipinski definition) is 2. The van der Waals surface area contributed by atoms with E-state index in [0.29, 0.717) is 5.92 Å². The van der Waals surface area contributed by atoms with Gasteiger partial charge >= 0.3 is 0 Å². The van der Waals surface area contributed by atoms with Gasteiger partial charge in [-0.3, -0.25) is 9.89 Å². The van der Waals surface area contributed by atoms with E-state index in [1.807, 2.05) is 7.05 Å². The molecule has 31 heavy (non-hydrogen) atoms. The molecule has 2 fully saturated rings. The highest BCUT2D eigenvalue weighted by atomic mass is 127. The third kappa shape index (κ3) is 10.1. The lowest BCUT2D eigenvalue weighted by atomic mass is 9.98. The number of hydrogen-bond acceptors (Lipinski definition) is 4. The smallest absolute Gasteiger partial charge is 0.191 e. The zero-order valence-electron chi connectivity index (χ0n) is 19.3. The Labute approximate surface area is 205 Å². The maximum Gasteiger partial charge on any atom is 0.191 e. The molecule has 0 aliphatic carbocycles. The van der Waals surface area contributed by atoms with Crippen LogP contribution in [0.3, 0.4) is 0 Å². The van der Waals surface area contributed by atoms with Gasteiger partial charge in [-0.25, -0.2) is 0 Å². The van der Waals surface area contributed by atoms with Crippen molar-refractivity contribution in [2.75, 3.05) is 53.1 Å². The Hall–Kier alpha value is -0.900. The number of benzene rings is 1. The van der Waals surface area contributed by atoms with Gasteiger partial charge < -0.3 is 20.1 Å². The number of piperidine rings is 1. The number of ether oxygens (including phenoxy) is 2. The highest BCUT2D eigenvalue weighted by Gasteiger charge is 2.16. The number of likely N-dealkylation sites (tertiary alicyclic amines) is 1. The van der Waals surface area contributed by atoms with Crippen molar-refractivity contribution in [1.29, 1.82) is 0 Å². The zero-order chi connectivity index (χ0) is 21.0. The summed E-state index contributed by atoms with van der Waals surface area (Å²) in [6, 6.07) is 8.91. The van der Waals surface area contributed by atoms with E-state index < -0.39 is 0 Å². The van der Waals surface area contributed by atoms with E-state index in [4.69, 9.17) is 9.47 Å². The highest BCUT2D eigenvalue weighted by Crippen LogP contribution is 2.18. The van der Waals surface area contributed by atoms with Crippen LogP contribution in [0.15, 0.2) is 29.3 Å². The fourth-order valence-electron chi connectivity index (χ4n) is 4.07. The summed E-state index contributed by atoms with van der Waals surface area (Å²) in [5.41, 5.74) is 2.69. The first-order valence-electron chi connectivity index (χ1n) is 11.6. The average Bonchev–Trinajstić information content (AvgIpc) is 3.28. The van der Waals surface area contributed by atoms with Crippen molar-refractivity contribution in [2.24, 2.45) is 16.8 Å². The minimum absolute atomic E-state index is 0. The lowest BCUT2D eigenvalue weighted by Gasteiger charge is -2.30. The zero-order valence-corrected chi connectivity index (χ0v) is 21.6. The van der Waals surface area contributed by atoms with E-state index in [2.05, 4.69) is 51.7 Å². The number of nitrogens with one attached hydrogen (secondary N) is 2. The first-order valence-corrected chi connectivity index (χ1v) is 11.6. The van der Waals surface area contributed by atoms with Gasteiger partial charge in [0.25, 0.3) is 0 Å². The largest absolute Gasteiger partial charge is 0.381 e. The Morgan fingerprint density at radius 1 is 1.19 bits per heavy atom. The predicted octanol–water partition coefficient (Wildman–Crippen LogP) is 3.64. The Bertz CT molecular complexity index is 644. The van der Waals surface area contributed by atoms with Gasteiger partial charge in [0.2, 0.25) is 0 Å². The molecular formula is C24H41IN4O2. The molecule has 0 amide bonds. The summed E-state index contributed by atoms with van der Waals surface area (Å²) in [4.78, 5) is 6.91. The standard InChI is InChI=1S/C24H40N4O2.HI/c1-20-7-11-28(12-8-20)17-22-6-3-5-21(15-22)16-27-24(25-2)26-10-4-13-29-18-23-9-14-30-19-23;/h3,5-6,15,20,23H,4,7-14,16-19H2,1-2H3,(H2,25,26,27);1H. The van der Waals surface area contributed by atoms with Crippen LogP contribution in [0.25, 0.3) is 0 Å². The first kappa shape index (κ1) is 26.4. The Balaban J connectivity index is 0.00000341. The number of rotatable bonds is 10. The van der Waals surface area contributed by atoms with Gasteiger partial charge in [0.1, 0.15) is 0 Å². The van der Waals surface area contributed by atoms with Crippen LogP contribution in [0, 0.1) is 11.8 Å². The molecule has 0 bridgehead atoms. The summed E-state index contributed by atoms with van der Waals surface area (Å²) >= 11 is 0. The number of halogens is 1. The fourth-order valence-corrected chi connectivity index (χ4v) is 4.07. The van der Waals surface area contributed by atoms with Crippen LogP contribution in [0.2, 0.25) is 0 Å². The quantitative estimate of drug-likeness (QED) is 0.204. The minimum atomic E-state index is 0. The molecule has 1 unspecified atom stereocenters. The maximum absolute atomic E-state index is 5.76. The molecule has 2 aliphatic heterocycles. The van der Waals surface area contributed by atoms with Crippen LogP contribution in [-0.4, -0.2) is 64.0 Å². The van der Waals surface area contributed by atoms with E-state index in [-0.39, 0.29) is 24.0 Å². The minimum Gasteiger partial charge on any atom is -0.381 e. The molecule has 1 aromatic carbocycles. The van der Waals surface area contributed by atoms with E-state index in [1.54, 1.807) is 0 Å². The lowest BCUT2D eigenvalue weighted by molar-refractivity contribution is 0.0888. The second-order valence-corrected chi connectivity index (χ2v) is 8.79. The maximum atomic E-state index is 5.76. The summed E-state index contributed by atoms with van der Waals surface area (Å²) in [6.07, 6.45) is 4.75. The third-order valence-electron chi connectivity index (χ3n) is 6.09. The van der Waals surface area contributed by atoms with Crippen molar-refractivity contribution in [3.63, 3.8) is 0 Å². The summed E-state index contributed by atoms with van der Waals surface area (Å²) < 4.78 is 11.1. The van der Waals surface area contributed by atoms with Gasteiger partial charge in [0.05, 0.1) is 13.2 Å². The Kier molecular flexibility index (Phi) is 12.8. The molecule has 3 rings (SSSR count). The summed E-state index contributed by atoms with van der Waals surface area (Å²) in [7, 11) is 1.82. The Morgan fingerprint density at radius 3 is 2.74 bits per heavy atom. The van der Waals surface area contributed by atoms with Crippen LogP contribution in [0.1, 0.15) is 43.7 Å². The van der Waals surface area contributed by atoms with Crippen molar-refractivity contribution in [3.05, 3.63) is 35.4 Å². The van der Waals surface area contributed by atoms with Crippen molar-refractivity contribution in [1.82, 2.24) is 15.5 Å². The monoisotopic (exact) mass is 544 g/mol. The van der Waals surface area contributed by atoms with Gasteiger partial charge in [-0.15, -0.1) is 24.0 Å². The molecule has 176 valence electrons. The summed E-state index contributed by atoms with van der Waals surface area (Å²) in [5, 5.41) is 6.80. The van der Waals surface area contributed by atoms with Gasteiger partial charge in [0, 0.05) is 45.8 Å². The molecule has 0 radical (unpaired) electrons. The topological polar surface area (TPSA) is 58.1 Å². The summed E-state index contributed by atoms with van der Waals surface area (Å²) in [6.45, 7) is 10.8. The molecule has 2 saturated heterocycles. The van der Waals surface area contributed by atoms with Gasteiger partial charge in [-0.05, 0) is 55.8 Å². The summed E-state index contributed by atoms with van der Waals surface area (Å²) in [5.74, 6) is 2.31. The second kappa shape index (κ2) is 15.0. The van der Waals surface area contributed by atoms with E-state index in [9.17, 15) is 0 Å². The average molecular weight is 545 g/mol. The molecular weight excluding hydrogens is 503 g/mol.